The minimum atomic E-state index is -0.410. The SMILES string of the molecule is COc1cc(CSC)cc([N+](=O)[O-])c1. The van der Waals surface area contributed by atoms with Gasteiger partial charge in [-0.15, -0.1) is 0 Å². The number of hydrogen-bond donors (Lipinski definition) is 0. The van der Waals surface area contributed by atoms with Crippen molar-refractivity contribution in [1.29, 1.82) is 0 Å². The Hall–Kier alpha value is -1.23. The predicted molar refractivity (Wildman–Crippen MR) is 56.9 cm³/mol. The van der Waals surface area contributed by atoms with Gasteiger partial charge in [0.15, 0.2) is 0 Å². The molecule has 0 atom stereocenters. The Labute approximate surface area is 86.4 Å². The number of thioether (sulfide) groups is 1. The summed E-state index contributed by atoms with van der Waals surface area (Å²) in [5.41, 5.74) is 0.983. The second kappa shape index (κ2) is 4.85. The molecular formula is C9H11NO3S. The molecule has 0 bridgehead atoms. The third-order valence-electron chi connectivity index (χ3n) is 1.71. The molecule has 0 amide bonds. The molecule has 0 fully saturated rings. The van der Waals surface area contributed by atoms with Crippen LogP contribution in [0.15, 0.2) is 18.2 Å². The van der Waals surface area contributed by atoms with E-state index in [1.54, 1.807) is 17.8 Å². The predicted octanol–water partition coefficient (Wildman–Crippen LogP) is 2.47. The molecule has 14 heavy (non-hydrogen) atoms. The van der Waals surface area contributed by atoms with E-state index < -0.39 is 4.92 Å². The second-order valence-electron chi connectivity index (χ2n) is 2.73. The Morgan fingerprint density at radius 3 is 2.71 bits per heavy atom. The van der Waals surface area contributed by atoms with E-state index in [-0.39, 0.29) is 5.69 Å². The molecule has 76 valence electrons. The van der Waals surface area contributed by atoms with Gasteiger partial charge in [-0.2, -0.15) is 11.8 Å². The van der Waals surface area contributed by atoms with E-state index in [4.69, 9.17) is 4.74 Å². The Morgan fingerprint density at radius 2 is 2.21 bits per heavy atom. The summed E-state index contributed by atoms with van der Waals surface area (Å²) in [7, 11) is 1.50. The second-order valence-corrected chi connectivity index (χ2v) is 3.60. The van der Waals surface area contributed by atoms with Gasteiger partial charge in [0.2, 0.25) is 0 Å². The Morgan fingerprint density at radius 1 is 1.50 bits per heavy atom. The van der Waals surface area contributed by atoms with Crippen LogP contribution in [0.5, 0.6) is 5.75 Å². The van der Waals surface area contributed by atoms with Crippen LogP contribution in [0.1, 0.15) is 5.56 Å². The summed E-state index contributed by atoms with van der Waals surface area (Å²) in [6.45, 7) is 0. The monoisotopic (exact) mass is 213 g/mol. The average molecular weight is 213 g/mol. The lowest BCUT2D eigenvalue weighted by molar-refractivity contribution is -0.385. The lowest BCUT2D eigenvalue weighted by atomic mass is 10.2. The molecule has 0 aromatic heterocycles. The minimum Gasteiger partial charge on any atom is -0.496 e. The van der Waals surface area contributed by atoms with Crippen LogP contribution in [0.25, 0.3) is 0 Å². The third-order valence-corrected chi connectivity index (χ3v) is 2.33. The van der Waals surface area contributed by atoms with Crippen molar-refractivity contribution in [2.24, 2.45) is 0 Å². The molecule has 0 unspecified atom stereocenters. The number of nitro groups is 1. The molecule has 0 radical (unpaired) electrons. The summed E-state index contributed by atoms with van der Waals surface area (Å²) < 4.78 is 4.98. The number of rotatable bonds is 4. The standard InChI is InChI=1S/C9H11NO3S/c1-13-9-4-7(6-14-2)3-8(5-9)10(11)12/h3-5H,6H2,1-2H3. The Bertz CT molecular complexity index is 341. The van der Waals surface area contributed by atoms with Crippen LogP contribution in [0.3, 0.4) is 0 Å². The first-order valence-electron chi connectivity index (χ1n) is 3.98. The van der Waals surface area contributed by atoms with E-state index in [0.717, 1.165) is 11.3 Å². The van der Waals surface area contributed by atoms with Crippen LogP contribution in [0, 0.1) is 10.1 Å². The Kier molecular flexibility index (Phi) is 3.76. The van der Waals surface area contributed by atoms with E-state index in [0.29, 0.717) is 5.75 Å². The summed E-state index contributed by atoms with van der Waals surface area (Å²) in [6, 6.07) is 4.80. The van der Waals surface area contributed by atoms with Gasteiger partial charge >= 0.3 is 0 Å². The van der Waals surface area contributed by atoms with Crippen molar-refractivity contribution in [3.63, 3.8) is 0 Å². The largest absolute Gasteiger partial charge is 0.496 e. The van der Waals surface area contributed by atoms with Crippen molar-refractivity contribution in [2.45, 2.75) is 5.75 Å². The number of non-ortho nitro benzene ring substituents is 1. The van der Waals surface area contributed by atoms with Crippen LogP contribution < -0.4 is 4.74 Å². The highest BCUT2D eigenvalue weighted by Gasteiger charge is 2.09. The minimum absolute atomic E-state index is 0.0772. The van der Waals surface area contributed by atoms with Gasteiger partial charge in [-0.05, 0) is 17.9 Å². The van der Waals surface area contributed by atoms with E-state index in [2.05, 4.69) is 0 Å². The molecule has 1 aromatic rings. The Balaban J connectivity index is 3.06. The number of benzene rings is 1. The highest BCUT2D eigenvalue weighted by molar-refractivity contribution is 7.97. The summed E-state index contributed by atoms with van der Waals surface area (Å²) in [4.78, 5) is 10.2. The number of hydrogen-bond acceptors (Lipinski definition) is 4. The van der Waals surface area contributed by atoms with Gasteiger partial charge < -0.3 is 4.74 Å². The van der Waals surface area contributed by atoms with Crippen LogP contribution >= 0.6 is 11.8 Å². The fraction of sp³-hybridized carbons (Fsp3) is 0.333. The van der Waals surface area contributed by atoms with Crippen LogP contribution in [-0.4, -0.2) is 18.3 Å². The summed E-state index contributed by atoms with van der Waals surface area (Å²) >= 11 is 1.62. The molecule has 0 aliphatic carbocycles. The smallest absolute Gasteiger partial charge is 0.273 e. The molecule has 1 aromatic carbocycles. The summed E-state index contributed by atoms with van der Waals surface area (Å²) in [5, 5.41) is 10.6. The highest BCUT2D eigenvalue weighted by Crippen LogP contribution is 2.24. The van der Waals surface area contributed by atoms with Gasteiger partial charge in [-0.25, -0.2) is 0 Å². The highest BCUT2D eigenvalue weighted by atomic mass is 32.2. The zero-order valence-corrected chi connectivity index (χ0v) is 8.84. The van der Waals surface area contributed by atoms with Crippen molar-refractivity contribution >= 4 is 17.4 Å². The third kappa shape index (κ3) is 2.63. The molecule has 0 saturated carbocycles. The zero-order chi connectivity index (χ0) is 10.6. The van der Waals surface area contributed by atoms with E-state index in [1.165, 1.54) is 13.2 Å². The molecule has 0 aliphatic heterocycles. The normalized spacial score (nSPS) is 9.86. The molecule has 4 nitrogen and oxygen atoms in total. The first kappa shape index (κ1) is 10.8. The van der Waals surface area contributed by atoms with Crippen LogP contribution in [-0.2, 0) is 5.75 Å². The maximum atomic E-state index is 10.6. The first-order valence-corrected chi connectivity index (χ1v) is 5.38. The van der Waals surface area contributed by atoms with Gasteiger partial charge in [0.25, 0.3) is 5.69 Å². The van der Waals surface area contributed by atoms with Crippen molar-refractivity contribution in [3.05, 3.63) is 33.9 Å². The van der Waals surface area contributed by atoms with Crippen molar-refractivity contribution < 1.29 is 9.66 Å². The van der Waals surface area contributed by atoms with Gasteiger partial charge in [0.1, 0.15) is 5.75 Å². The van der Waals surface area contributed by atoms with Crippen LogP contribution in [0.4, 0.5) is 5.69 Å². The average Bonchev–Trinajstić information content (AvgIpc) is 2.17. The molecule has 0 spiro atoms. The van der Waals surface area contributed by atoms with Gasteiger partial charge in [-0.1, -0.05) is 0 Å². The zero-order valence-electron chi connectivity index (χ0n) is 8.02. The van der Waals surface area contributed by atoms with Crippen molar-refractivity contribution in [1.82, 2.24) is 0 Å². The van der Waals surface area contributed by atoms with Gasteiger partial charge in [-0.3, -0.25) is 10.1 Å². The number of nitro benzene ring substituents is 1. The molecular weight excluding hydrogens is 202 g/mol. The first-order chi connectivity index (χ1) is 6.67. The fourth-order valence-electron chi connectivity index (χ4n) is 1.12. The number of nitrogens with zero attached hydrogens (tertiary/aromatic N) is 1. The quantitative estimate of drug-likeness (QED) is 0.569. The van der Waals surface area contributed by atoms with E-state index in [9.17, 15) is 10.1 Å². The van der Waals surface area contributed by atoms with Crippen LogP contribution in [0.2, 0.25) is 0 Å². The molecule has 0 aliphatic rings. The van der Waals surface area contributed by atoms with Gasteiger partial charge in [0, 0.05) is 11.8 Å². The maximum absolute atomic E-state index is 10.6. The van der Waals surface area contributed by atoms with E-state index >= 15 is 0 Å². The number of ether oxygens (including phenoxy) is 1. The molecule has 5 heteroatoms. The topological polar surface area (TPSA) is 52.4 Å². The molecule has 1 rings (SSSR count). The van der Waals surface area contributed by atoms with Gasteiger partial charge in [0.05, 0.1) is 18.1 Å². The number of methoxy groups -OCH3 is 1. The fourth-order valence-corrected chi connectivity index (χ4v) is 1.62. The molecule has 0 N–H and O–H groups in total. The van der Waals surface area contributed by atoms with Crippen molar-refractivity contribution in [3.8, 4) is 5.75 Å². The summed E-state index contributed by atoms with van der Waals surface area (Å²) in [5.74, 6) is 1.28. The summed E-state index contributed by atoms with van der Waals surface area (Å²) in [6.07, 6.45) is 1.95. The lowest BCUT2D eigenvalue weighted by Crippen LogP contribution is -1.92. The maximum Gasteiger partial charge on any atom is 0.273 e. The lowest BCUT2D eigenvalue weighted by Gasteiger charge is -2.03. The van der Waals surface area contributed by atoms with Crippen molar-refractivity contribution in [2.75, 3.05) is 13.4 Å². The molecule has 0 heterocycles. The molecule has 0 saturated heterocycles. The van der Waals surface area contributed by atoms with E-state index in [1.807, 2.05) is 12.3 Å².